The monoisotopic (exact) mass is 416 g/mol. The van der Waals surface area contributed by atoms with Gasteiger partial charge in [0, 0.05) is 23.8 Å². The zero-order chi connectivity index (χ0) is 21.0. The lowest BCUT2D eigenvalue weighted by atomic mass is 10.2. The Bertz CT molecular complexity index is 1050. The van der Waals surface area contributed by atoms with Gasteiger partial charge in [-0.1, -0.05) is 11.8 Å². The largest absolute Gasteiger partial charge is 0.497 e. The fourth-order valence-corrected chi connectivity index (χ4v) is 3.26. The van der Waals surface area contributed by atoms with Gasteiger partial charge in [0.1, 0.15) is 11.5 Å². The van der Waals surface area contributed by atoms with Gasteiger partial charge in [-0.3, -0.25) is 19.5 Å². The highest BCUT2D eigenvalue weighted by Crippen LogP contribution is 2.35. The van der Waals surface area contributed by atoms with Gasteiger partial charge in [-0.25, -0.2) is 0 Å². The number of aliphatic carboxylic acids is 1. The van der Waals surface area contributed by atoms with Crippen LogP contribution >= 0.6 is 11.8 Å². The lowest BCUT2D eigenvalue weighted by molar-refractivity contribution is -0.384. The number of thioether (sulfide) groups is 1. The number of aromatic nitrogens is 3. The summed E-state index contributed by atoms with van der Waals surface area (Å²) >= 11 is 0.997. The lowest BCUT2D eigenvalue weighted by Crippen LogP contribution is -2.05. The Balaban J connectivity index is 2.16. The standard InChI is InChI=1S/C18H16N4O6S/c1-27-13-7-8-14(15(9-13)28-2)21-17(19-20-18(21)29-10-16(23)24)11-3-5-12(6-4-11)22(25)26/h3-9H,10H2,1-2H3,(H,23,24). The number of nitro benzene ring substituents is 1. The van der Waals surface area contributed by atoms with E-state index in [4.69, 9.17) is 14.6 Å². The van der Waals surface area contributed by atoms with Crippen molar-refractivity contribution in [2.24, 2.45) is 0 Å². The van der Waals surface area contributed by atoms with Gasteiger partial charge in [0.05, 0.1) is 30.6 Å². The molecule has 0 bridgehead atoms. The lowest BCUT2D eigenvalue weighted by Gasteiger charge is -2.14. The number of hydrogen-bond donors (Lipinski definition) is 1. The van der Waals surface area contributed by atoms with E-state index in [0.717, 1.165) is 11.8 Å². The molecule has 0 radical (unpaired) electrons. The molecule has 0 atom stereocenters. The first kappa shape index (κ1) is 20.1. The maximum atomic E-state index is 11.0. The molecule has 0 aliphatic heterocycles. The van der Waals surface area contributed by atoms with Gasteiger partial charge in [-0.05, 0) is 24.3 Å². The SMILES string of the molecule is COc1ccc(-n2c(SCC(=O)O)nnc2-c2ccc([N+](=O)[O-])cc2)c(OC)c1. The summed E-state index contributed by atoms with van der Waals surface area (Å²) in [5.74, 6) is 0.218. The molecular weight excluding hydrogens is 400 g/mol. The van der Waals surface area contributed by atoms with Gasteiger partial charge in [0.25, 0.3) is 5.69 Å². The fourth-order valence-electron chi connectivity index (χ4n) is 2.60. The molecule has 150 valence electrons. The molecule has 1 aromatic heterocycles. The van der Waals surface area contributed by atoms with Crippen LogP contribution in [0, 0.1) is 10.1 Å². The summed E-state index contributed by atoms with van der Waals surface area (Å²) < 4.78 is 12.3. The summed E-state index contributed by atoms with van der Waals surface area (Å²) in [7, 11) is 3.03. The molecule has 0 amide bonds. The summed E-state index contributed by atoms with van der Waals surface area (Å²) in [6, 6.07) is 11.0. The van der Waals surface area contributed by atoms with Gasteiger partial charge in [-0.2, -0.15) is 0 Å². The molecule has 3 aromatic rings. The average Bonchev–Trinajstić information content (AvgIpc) is 3.15. The molecule has 1 N–H and O–H groups in total. The molecule has 0 spiro atoms. The molecule has 0 fully saturated rings. The number of ether oxygens (including phenoxy) is 2. The Morgan fingerprint density at radius 3 is 2.48 bits per heavy atom. The number of non-ortho nitro benzene ring substituents is 1. The molecule has 0 unspecified atom stereocenters. The van der Waals surface area contributed by atoms with Crippen LogP contribution in [0.3, 0.4) is 0 Å². The van der Waals surface area contributed by atoms with Crippen LogP contribution in [0.5, 0.6) is 11.5 Å². The Morgan fingerprint density at radius 1 is 1.17 bits per heavy atom. The fraction of sp³-hybridized carbons (Fsp3) is 0.167. The third-order valence-electron chi connectivity index (χ3n) is 3.92. The summed E-state index contributed by atoms with van der Waals surface area (Å²) in [6.07, 6.45) is 0. The quantitative estimate of drug-likeness (QED) is 0.334. The van der Waals surface area contributed by atoms with Crippen molar-refractivity contribution >= 4 is 23.4 Å². The second-order valence-electron chi connectivity index (χ2n) is 5.67. The maximum absolute atomic E-state index is 11.0. The normalized spacial score (nSPS) is 10.6. The van der Waals surface area contributed by atoms with E-state index < -0.39 is 10.9 Å². The minimum absolute atomic E-state index is 0.0534. The van der Waals surface area contributed by atoms with E-state index >= 15 is 0 Å². The van der Waals surface area contributed by atoms with Gasteiger partial charge >= 0.3 is 5.97 Å². The minimum atomic E-state index is -0.997. The molecule has 10 nitrogen and oxygen atoms in total. The first-order valence-corrected chi connectivity index (χ1v) is 9.20. The molecular formula is C18H16N4O6S. The van der Waals surface area contributed by atoms with Crippen molar-refractivity contribution in [2.75, 3.05) is 20.0 Å². The van der Waals surface area contributed by atoms with Crippen LogP contribution in [-0.2, 0) is 4.79 Å². The Hall–Kier alpha value is -3.60. The third kappa shape index (κ3) is 4.29. The number of nitro groups is 1. The van der Waals surface area contributed by atoms with Gasteiger partial charge in [0.2, 0.25) is 0 Å². The first-order chi connectivity index (χ1) is 13.9. The van der Waals surface area contributed by atoms with E-state index in [1.165, 1.54) is 26.4 Å². The Morgan fingerprint density at radius 2 is 1.90 bits per heavy atom. The van der Waals surface area contributed by atoms with E-state index in [0.29, 0.717) is 33.7 Å². The molecule has 0 aliphatic rings. The van der Waals surface area contributed by atoms with Crippen molar-refractivity contribution < 1.29 is 24.3 Å². The van der Waals surface area contributed by atoms with E-state index in [2.05, 4.69) is 10.2 Å². The molecule has 29 heavy (non-hydrogen) atoms. The van der Waals surface area contributed by atoms with E-state index in [9.17, 15) is 14.9 Å². The summed E-state index contributed by atoms with van der Waals surface area (Å²) in [5.41, 5.74) is 1.09. The number of methoxy groups -OCH3 is 2. The highest BCUT2D eigenvalue weighted by molar-refractivity contribution is 7.99. The van der Waals surface area contributed by atoms with Crippen molar-refractivity contribution in [1.29, 1.82) is 0 Å². The highest BCUT2D eigenvalue weighted by atomic mass is 32.2. The van der Waals surface area contributed by atoms with Crippen LogP contribution in [0.4, 0.5) is 5.69 Å². The molecule has 3 rings (SSSR count). The van der Waals surface area contributed by atoms with Gasteiger partial charge in [0.15, 0.2) is 11.0 Å². The number of carbonyl (C=O) groups is 1. The predicted molar refractivity (Wildman–Crippen MR) is 105 cm³/mol. The number of hydrogen-bond acceptors (Lipinski definition) is 8. The van der Waals surface area contributed by atoms with Crippen LogP contribution in [-0.4, -0.2) is 50.7 Å². The van der Waals surface area contributed by atoms with Crippen molar-refractivity contribution in [2.45, 2.75) is 5.16 Å². The van der Waals surface area contributed by atoms with E-state index in [-0.39, 0.29) is 11.4 Å². The smallest absolute Gasteiger partial charge is 0.313 e. The zero-order valence-corrected chi connectivity index (χ0v) is 16.3. The van der Waals surface area contributed by atoms with Crippen LogP contribution in [0.25, 0.3) is 17.1 Å². The number of rotatable bonds is 8. The third-order valence-corrected chi connectivity index (χ3v) is 4.84. The molecule has 0 saturated carbocycles. The first-order valence-electron chi connectivity index (χ1n) is 8.22. The van der Waals surface area contributed by atoms with Crippen molar-refractivity contribution in [1.82, 2.24) is 14.8 Å². The molecule has 0 aliphatic carbocycles. The summed E-state index contributed by atoms with van der Waals surface area (Å²) in [5, 5.41) is 28.6. The van der Waals surface area contributed by atoms with Crippen LogP contribution in [0.1, 0.15) is 0 Å². The molecule has 1 heterocycles. The van der Waals surface area contributed by atoms with Crippen molar-refractivity contribution in [3.63, 3.8) is 0 Å². The van der Waals surface area contributed by atoms with Gasteiger partial charge < -0.3 is 14.6 Å². The molecule has 2 aromatic carbocycles. The van der Waals surface area contributed by atoms with Gasteiger partial charge in [-0.15, -0.1) is 10.2 Å². The number of carboxylic acid groups (broad SMARTS) is 1. The van der Waals surface area contributed by atoms with E-state index in [1.54, 1.807) is 34.9 Å². The second kappa shape index (κ2) is 8.61. The average molecular weight is 416 g/mol. The zero-order valence-electron chi connectivity index (χ0n) is 15.4. The summed E-state index contributed by atoms with van der Waals surface area (Å²) in [6.45, 7) is 0. The summed E-state index contributed by atoms with van der Waals surface area (Å²) in [4.78, 5) is 21.5. The van der Waals surface area contributed by atoms with Crippen LogP contribution in [0.15, 0.2) is 47.6 Å². The predicted octanol–water partition coefficient (Wildman–Crippen LogP) is 3.04. The minimum Gasteiger partial charge on any atom is -0.497 e. The second-order valence-corrected chi connectivity index (χ2v) is 6.61. The molecule has 0 saturated heterocycles. The van der Waals surface area contributed by atoms with Crippen LogP contribution in [0.2, 0.25) is 0 Å². The number of carboxylic acids is 1. The number of benzene rings is 2. The highest BCUT2D eigenvalue weighted by Gasteiger charge is 2.21. The molecule has 11 heteroatoms. The maximum Gasteiger partial charge on any atom is 0.313 e. The Labute approximate surface area is 169 Å². The topological polar surface area (TPSA) is 130 Å². The van der Waals surface area contributed by atoms with Crippen molar-refractivity contribution in [3.8, 4) is 28.6 Å². The van der Waals surface area contributed by atoms with Crippen molar-refractivity contribution in [3.05, 3.63) is 52.6 Å². The van der Waals surface area contributed by atoms with E-state index in [1.807, 2.05) is 0 Å². The van der Waals surface area contributed by atoms with Crippen LogP contribution < -0.4 is 9.47 Å². The Kier molecular flexibility index (Phi) is 5.98. The number of nitrogens with zero attached hydrogens (tertiary/aromatic N) is 4.